The van der Waals surface area contributed by atoms with E-state index in [9.17, 15) is 8.42 Å². The van der Waals surface area contributed by atoms with E-state index in [2.05, 4.69) is 26.8 Å². The molecular weight excluding hydrogens is 422 g/mol. The summed E-state index contributed by atoms with van der Waals surface area (Å²) in [6.45, 7) is 0.860. The van der Waals surface area contributed by atoms with E-state index in [1.54, 1.807) is 36.8 Å². The summed E-state index contributed by atoms with van der Waals surface area (Å²) in [5, 5.41) is 1.43. The van der Waals surface area contributed by atoms with E-state index in [0.29, 0.717) is 12.0 Å². The fourth-order valence-corrected chi connectivity index (χ4v) is 4.55. The van der Waals surface area contributed by atoms with Crippen LogP contribution in [0, 0.1) is 0 Å². The van der Waals surface area contributed by atoms with Gasteiger partial charge in [0.1, 0.15) is 0 Å². The van der Waals surface area contributed by atoms with Crippen LogP contribution in [0.4, 0.5) is 0 Å². The third-order valence-corrected chi connectivity index (χ3v) is 6.42. The Morgan fingerprint density at radius 3 is 2.53 bits per heavy atom. The minimum Gasteiger partial charge on any atom is -0.376 e. The van der Waals surface area contributed by atoms with Crippen LogP contribution in [0.2, 0.25) is 0 Å². The standard InChI is InChI=1S/C25H23N3O3S/c29-32(30,25-7-1-5-23-19-27-14-12-24(23)25)28-15-17-31-16-3-4-20-8-10-21(11-9-20)22-6-2-13-26-18-22/h1-14,18-19,28H,15-17H2/b4-3+. The molecule has 0 saturated heterocycles. The average molecular weight is 446 g/mol. The molecule has 0 amide bonds. The summed E-state index contributed by atoms with van der Waals surface area (Å²) in [6.07, 6.45) is 10.7. The quantitative estimate of drug-likeness (QED) is 0.389. The van der Waals surface area contributed by atoms with Crippen LogP contribution in [0.25, 0.3) is 28.0 Å². The molecule has 6 nitrogen and oxygen atoms in total. The number of sulfonamides is 1. The van der Waals surface area contributed by atoms with E-state index in [1.807, 2.05) is 48.7 Å². The first-order valence-corrected chi connectivity index (χ1v) is 11.7. The van der Waals surface area contributed by atoms with Gasteiger partial charge in [0.2, 0.25) is 10.0 Å². The molecule has 0 atom stereocenters. The van der Waals surface area contributed by atoms with Gasteiger partial charge in [-0.1, -0.05) is 54.6 Å². The van der Waals surface area contributed by atoms with Gasteiger partial charge in [-0.25, -0.2) is 13.1 Å². The Morgan fingerprint density at radius 2 is 1.72 bits per heavy atom. The molecule has 2 heterocycles. The first-order chi connectivity index (χ1) is 15.6. The second-order valence-electron chi connectivity index (χ2n) is 7.09. The van der Waals surface area contributed by atoms with Gasteiger partial charge in [-0.05, 0) is 34.9 Å². The van der Waals surface area contributed by atoms with Gasteiger partial charge >= 0.3 is 0 Å². The fraction of sp³-hybridized carbons (Fsp3) is 0.120. The average Bonchev–Trinajstić information content (AvgIpc) is 2.84. The Balaban J connectivity index is 1.24. The lowest BCUT2D eigenvalue weighted by molar-refractivity contribution is 0.168. The molecule has 0 aliphatic heterocycles. The number of aromatic nitrogens is 2. The second-order valence-corrected chi connectivity index (χ2v) is 8.83. The largest absolute Gasteiger partial charge is 0.376 e. The van der Waals surface area contributed by atoms with Gasteiger partial charge in [0, 0.05) is 42.1 Å². The zero-order chi connectivity index (χ0) is 22.2. The van der Waals surface area contributed by atoms with Crippen LogP contribution in [0.1, 0.15) is 5.56 Å². The van der Waals surface area contributed by atoms with E-state index in [1.165, 1.54) is 0 Å². The lowest BCUT2D eigenvalue weighted by Gasteiger charge is -2.09. The Morgan fingerprint density at radius 1 is 0.875 bits per heavy atom. The molecule has 162 valence electrons. The highest BCUT2D eigenvalue weighted by Crippen LogP contribution is 2.21. The number of ether oxygens (including phenoxy) is 1. The number of rotatable bonds is 9. The molecule has 2 aromatic heterocycles. The number of nitrogens with one attached hydrogen (secondary N) is 1. The maximum Gasteiger partial charge on any atom is 0.241 e. The minimum atomic E-state index is -3.63. The SMILES string of the molecule is O=S(=O)(NCCOC/C=C/c1ccc(-c2cccnc2)cc1)c1cccc2cnccc12. The van der Waals surface area contributed by atoms with E-state index >= 15 is 0 Å². The minimum absolute atomic E-state index is 0.192. The summed E-state index contributed by atoms with van der Waals surface area (Å²) < 4.78 is 33.4. The number of pyridine rings is 2. The van der Waals surface area contributed by atoms with E-state index < -0.39 is 10.0 Å². The highest BCUT2D eigenvalue weighted by molar-refractivity contribution is 7.89. The van der Waals surface area contributed by atoms with Gasteiger partial charge in [-0.15, -0.1) is 0 Å². The molecule has 2 aromatic carbocycles. The number of benzene rings is 2. The highest BCUT2D eigenvalue weighted by atomic mass is 32.2. The molecule has 0 unspecified atom stereocenters. The van der Waals surface area contributed by atoms with Crippen molar-refractivity contribution in [3.05, 3.63) is 97.1 Å². The van der Waals surface area contributed by atoms with Gasteiger partial charge in [0.25, 0.3) is 0 Å². The van der Waals surface area contributed by atoms with Crippen LogP contribution in [0.5, 0.6) is 0 Å². The van der Waals surface area contributed by atoms with Crippen LogP contribution in [-0.2, 0) is 14.8 Å². The van der Waals surface area contributed by atoms with Gasteiger partial charge in [-0.3, -0.25) is 9.97 Å². The molecule has 0 saturated carbocycles. The van der Waals surface area contributed by atoms with Crippen molar-refractivity contribution in [2.24, 2.45) is 0 Å². The molecule has 32 heavy (non-hydrogen) atoms. The zero-order valence-electron chi connectivity index (χ0n) is 17.4. The third-order valence-electron chi connectivity index (χ3n) is 4.90. The van der Waals surface area contributed by atoms with Crippen LogP contribution >= 0.6 is 0 Å². The van der Waals surface area contributed by atoms with E-state index in [4.69, 9.17) is 4.74 Å². The predicted octanol–water partition coefficient (Wildman–Crippen LogP) is 4.31. The van der Waals surface area contributed by atoms with Crippen LogP contribution < -0.4 is 4.72 Å². The molecule has 0 aliphatic carbocycles. The lowest BCUT2D eigenvalue weighted by atomic mass is 10.1. The molecule has 4 rings (SSSR count). The van der Waals surface area contributed by atoms with Crippen molar-refractivity contribution in [1.29, 1.82) is 0 Å². The van der Waals surface area contributed by atoms with Crippen molar-refractivity contribution in [2.45, 2.75) is 4.90 Å². The fourth-order valence-electron chi connectivity index (χ4n) is 3.31. The second kappa shape index (κ2) is 10.3. The number of nitrogens with zero attached hydrogens (tertiary/aromatic N) is 2. The normalized spacial score (nSPS) is 11.9. The first-order valence-electron chi connectivity index (χ1n) is 10.2. The van der Waals surface area contributed by atoms with Crippen molar-refractivity contribution in [1.82, 2.24) is 14.7 Å². The summed E-state index contributed by atoms with van der Waals surface area (Å²) >= 11 is 0. The van der Waals surface area contributed by atoms with Crippen LogP contribution in [-0.4, -0.2) is 38.1 Å². The monoisotopic (exact) mass is 445 g/mol. The summed E-state index contributed by atoms with van der Waals surface area (Å²) in [5.74, 6) is 0. The van der Waals surface area contributed by atoms with Gasteiger partial charge < -0.3 is 4.74 Å². The summed E-state index contributed by atoms with van der Waals surface area (Å²) in [6, 6.07) is 19.0. The number of hydrogen-bond donors (Lipinski definition) is 1. The summed E-state index contributed by atoms with van der Waals surface area (Å²) in [7, 11) is -3.63. The highest BCUT2D eigenvalue weighted by Gasteiger charge is 2.16. The van der Waals surface area contributed by atoms with E-state index in [-0.39, 0.29) is 18.0 Å². The predicted molar refractivity (Wildman–Crippen MR) is 126 cm³/mol. The maximum absolute atomic E-state index is 12.6. The molecule has 7 heteroatoms. The molecule has 0 aliphatic rings. The third kappa shape index (κ3) is 5.45. The molecule has 0 fully saturated rings. The molecule has 0 radical (unpaired) electrons. The smallest absolute Gasteiger partial charge is 0.241 e. The summed E-state index contributed by atoms with van der Waals surface area (Å²) in [5.41, 5.74) is 3.25. The Kier molecular flexibility index (Phi) is 7.01. The lowest BCUT2D eigenvalue weighted by Crippen LogP contribution is -2.27. The Hall–Kier alpha value is -3.39. The van der Waals surface area contributed by atoms with Crippen molar-refractivity contribution in [3.8, 4) is 11.1 Å². The van der Waals surface area contributed by atoms with Gasteiger partial charge in [-0.2, -0.15) is 0 Å². The summed E-state index contributed by atoms with van der Waals surface area (Å²) in [4.78, 5) is 8.42. The van der Waals surface area contributed by atoms with Gasteiger partial charge in [0.15, 0.2) is 0 Å². The van der Waals surface area contributed by atoms with Crippen molar-refractivity contribution < 1.29 is 13.2 Å². The Bertz CT molecular complexity index is 1300. The van der Waals surface area contributed by atoms with E-state index in [0.717, 1.165) is 22.1 Å². The maximum atomic E-state index is 12.6. The molecule has 1 N–H and O–H groups in total. The van der Waals surface area contributed by atoms with Crippen LogP contribution in [0.15, 0.2) is 96.4 Å². The Labute approximate surface area is 187 Å². The van der Waals surface area contributed by atoms with Crippen LogP contribution in [0.3, 0.4) is 0 Å². The van der Waals surface area contributed by atoms with Gasteiger partial charge in [0.05, 0.1) is 18.1 Å². The molecule has 0 bridgehead atoms. The first kappa shape index (κ1) is 21.8. The topological polar surface area (TPSA) is 81.2 Å². The number of hydrogen-bond acceptors (Lipinski definition) is 5. The van der Waals surface area contributed by atoms with Crippen molar-refractivity contribution in [3.63, 3.8) is 0 Å². The molecular formula is C25H23N3O3S. The number of fused-ring (bicyclic) bond motifs is 1. The van der Waals surface area contributed by atoms with Crippen molar-refractivity contribution >= 4 is 26.9 Å². The zero-order valence-corrected chi connectivity index (χ0v) is 18.2. The molecule has 0 spiro atoms. The van der Waals surface area contributed by atoms with Crippen molar-refractivity contribution in [2.75, 3.05) is 19.8 Å². The molecule has 4 aromatic rings.